The third-order valence-electron chi connectivity index (χ3n) is 3.42. The minimum atomic E-state index is -0.0551. The van der Waals surface area contributed by atoms with Crippen molar-refractivity contribution in [1.82, 2.24) is 25.1 Å². The lowest BCUT2D eigenvalue weighted by molar-refractivity contribution is -0.116. The van der Waals surface area contributed by atoms with Crippen molar-refractivity contribution in [3.63, 3.8) is 0 Å². The molecule has 2 N–H and O–H groups in total. The molecule has 116 valence electrons. The molecule has 0 radical (unpaired) electrons. The van der Waals surface area contributed by atoms with Gasteiger partial charge >= 0.3 is 0 Å². The Morgan fingerprint density at radius 1 is 1.26 bits per heavy atom. The predicted octanol–water partition coefficient (Wildman–Crippen LogP) is 1.32. The zero-order valence-electron chi connectivity index (χ0n) is 11.9. The number of fused-ring (bicyclic) bond motifs is 1. The first-order valence-corrected chi connectivity index (χ1v) is 7.01. The number of anilines is 1. The number of carbonyl (C=O) groups is 1. The highest BCUT2D eigenvalue weighted by molar-refractivity contribution is 5.93. The SMILES string of the molecule is O=C1CCc2c(ncnc2OCc2cc(-c3ncc[nH]3)no2)N1. The van der Waals surface area contributed by atoms with E-state index in [0.29, 0.717) is 41.8 Å². The molecule has 9 nitrogen and oxygen atoms in total. The number of ether oxygens (including phenoxy) is 1. The summed E-state index contributed by atoms with van der Waals surface area (Å²) in [6.45, 7) is 0.172. The van der Waals surface area contributed by atoms with Gasteiger partial charge in [0.15, 0.2) is 18.2 Å². The van der Waals surface area contributed by atoms with E-state index in [1.165, 1.54) is 6.33 Å². The van der Waals surface area contributed by atoms with Crippen LogP contribution in [0.1, 0.15) is 17.7 Å². The van der Waals surface area contributed by atoms with Crippen molar-refractivity contribution in [3.05, 3.63) is 36.1 Å². The van der Waals surface area contributed by atoms with Crippen LogP contribution in [0.5, 0.6) is 5.88 Å². The summed E-state index contributed by atoms with van der Waals surface area (Å²) in [6, 6.07) is 1.74. The van der Waals surface area contributed by atoms with Gasteiger partial charge in [-0.15, -0.1) is 0 Å². The third-order valence-corrected chi connectivity index (χ3v) is 3.42. The summed E-state index contributed by atoms with van der Waals surface area (Å²) in [5.74, 6) is 2.05. The lowest BCUT2D eigenvalue weighted by Crippen LogP contribution is -2.21. The van der Waals surface area contributed by atoms with Gasteiger partial charge in [-0.25, -0.2) is 15.0 Å². The Hall–Kier alpha value is -3.23. The fourth-order valence-electron chi connectivity index (χ4n) is 2.32. The molecule has 0 aliphatic carbocycles. The Morgan fingerprint density at radius 3 is 3.09 bits per heavy atom. The van der Waals surface area contributed by atoms with Crippen molar-refractivity contribution in [1.29, 1.82) is 0 Å². The van der Waals surface area contributed by atoms with Gasteiger partial charge in [-0.1, -0.05) is 5.16 Å². The van der Waals surface area contributed by atoms with Crippen molar-refractivity contribution in [2.75, 3.05) is 5.32 Å². The van der Waals surface area contributed by atoms with Crippen molar-refractivity contribution in [3.8, 4) is 17.4 Å². The van der Waals surface area contributed by atoms with Crippen molar-refractivity contribution < 1.29 is 14.1 Å². The topological polar surface area (TPSA) is 119 Å². The fourth-order valence-corrected chi connectivity index (χ4v) is 2.32. The van der Waals surface area contributed by atoms with Crippen molar-refractivity contribution in [2.24, 2.45) is 0 Å². The van der Waals surface area contributed by atoms with E-state index < -0.39 is 0 Å². The monoisotopic (exact) mass is 312 g/mol. The standard InChI is InChI=1S/C14H12N6O3/c21-11-2-1-9-12(19-11)17-7-18-14(9)22-6-8-5-10(20-23-8)13-15-3-4-16-13/h3-5,7H,1-2,6H2,(H,15,16)(H,17,18,19,21). The summed E-state index contributed by atoms with van der Waals surface area (Å²) < 4.78 is 10.9. The van der Waals surface area contributed by atoms with Crippen LogP contribution in [0.2, 0.25) is 0 Å². The molecule has 0 saturated heterocycles. The van der Waals surface area contributed by atoms with Gasteiger partial charge in [-0.3, -0.25) is 4.79 Å². The summed E-state index contributed by atoms with van der Waals surface area (Å²) >= 11 is 0. The van der Waals surface area contributed by atoms with E-state index in [1.807, 2.05) is 0 Å². The van der Waals surface area contributed by atoms with Gasteiger partial charge in [0.1, 0.15) is 17.8 Å². The first kappa shape index (κ1) is 13.4. The van der Waals surface area contributed by atoms with Gasteiger partial charge in [0, 0.05) is 24.9 Å². The highest BCUT2D eigenvalue weighted by atomic mass is 16.5. The number of imidazole rings is 1. The predicted molar refractivity (Wildman–Crippen MR) is 77.4 cm³/mol. The van der Waals surface area contributed by atoms with E-state index in [0.717, 1.165) is 5.56 Å². The molecule has 23 heavy (non-hydrogen) atoms. The molecular formula is C14H12N6O3. The van der Waals surface area contributed by atoms with E-state index in [2.05, 4.69) is 30.4 Å². The molecule has 0 atom stereocenters. The zero-order valence-corrected chi connectivity index (χ0v) is 11.9. The number of H-pyrrole nitrogens is 1. The van der Waals surface area contributed by atoms with Crippen LogP contribution in [0.4, 0.5) is 5.82 Å². The van der Waals surface area contributed by atoms with E-state index in [1.54, 1.807) is 18.5 Å². The van der Waals surface area contributed by atoms with Crippen LogP contribution in [-0.2, 0) is 17.8 Å². The molecule has 9 heteroatoms. The number of nitrogens with one attached hydrogen (secondary N) is 2. The molecule has 0 aromatic carbocycles. The highest BCUT2D eigenvalue weighted by Gasteiger charge is 2.21. The molecule has 4 heterocycles. The molecule has 4 rings (SSSR count). The second-order valence-corrected chi connectivity index (χ2v) is 4.96. The van der Waals surface area contributed by atoms with E-state index in [9.17, 15) is 4.79 Å². The molecule has 0 saturated carbocycles. The summed E-state index contributed by atoms with van der Waals surface area (Å²) in [6.07, 6.45) is 5.64. The number of hydrogen-bond acceptors (Lipinski definition) is 7. The van der Waals surface area contributed by atoms with Gasteiger partial charge < -0.3 is 19.6 Å². The molecule has 0 bridgehead atoms. The molecule has 1 aliphatic rings. The van der Waals surface area contributed by atoms with Crippen molar-refractivity contribution in [2.45, 2.75) is 19.4 Å². The van der Waals surface area contributed by atoms with Gasteiger partial charge in [-0.2, -0.15) is 0 Å². The summed E-state index contributed by atoms with van der Waals surface area (Å²) in [7, 11) is 0. The van der Waals surface area contributed by atoms with Gasteiger partial charge in [-0.05, 0) is 6.42 Å². The fraction of sp³-hybridized carbons (Fsp3) is 0.214. The quantitative estimate of drug-likeness (QED) is 0.745. The van der Waals surface area contributed by atoms with Gasteiger partial charge in [0.25, 0.3) is 0 Å². The molecule has 0 spiro atoms. The number of amides is 1. The average Bonchev–Trinajstić information content (AvgIpc) is 3.23. The molecule has 1 amide bonds. The number of nitrogens with zero attached hydrogens (tertiary/aromatic N) is 4. The molecule has 0 fully saturated rings. The minimum Gasteiger partial charge on any atom is -0.469 e. The first-order valence-electron chi connectivity index (χ1n) is 7.01. The average molecular weight is 312 g/mol. The van der Waals surface area contributed by atoms with Crippen LogP contribution in [0.3, 0.4) is 0 Å². The summed E-state index contributed by atoms with van der Waals surface area (Å²) in [5.41, 5.74) is 1.39. The maximum atomic E-state index is 11.4. The van der Waals surface area contributed by atoms with E-state index in [4.69, 9.17) is 9.26 Å². The Labute approximate surface area is 130 Å². The summed E-state index contributed by atoms with van der Waals surface area (Å²) in [5, 5.41) is 6.63. The molecule has 1 aliphatic heterocycles. The molecule has 3 aromatic rings. The van der Waals surface area contributed by atoms with Crippen LogP contribution in [-0.4, -0.2) is 31.0 Å². The third kappa shape index (κ3) is 2.63. The lowest BCUT2D eigenvalue weighted by atomic mass is 10.1. The molecular weight excluding hydrogens is 300 g/mol. The lowest BCUT2D eigenvalue weighted by Gasteiger charge is -2.17. The number of aromatic amines is 1. The van der Waals surface area contributed by atoms with Crippen LogP contribution in [0.25, 0.3) is 11.5 Å². The smallest absolute Gasteiger partial charge is 0.225 e. The van der Waals surface area contributed by atoms with E-state index in [-0.39, 0.29) is 12.5 Å². The first-order chi connectivity index (χ1) is 11.3. The number of carbonyl (C=O) groups excluding carboxylic acids is 1. The number of hydrogen-bond donors (Lipinski definition) is 2. The Kier molecular flexibility index (Phi) is 3.22. The van der Waals surface area contributed by atoms with E-state index >= 15 is 0 Å². The van der Waals surface area contributed by atoms with Crippen LogP contribution in [0, 0.1) is 0 Å². The van der Waals surface area contributed by atoms with Gasteiger partial charge in [0.2, 0.25) is 11.8 Å². The minimum absolute atomic E-state index is 0.0551. The molecule has 3 aromatic heterocycles. The number of aromatic nitrogens is 5. The Balaban J connectivity index is 1.50. The number of rotatable bonds is 4. The maximum Gasteiger partial charge on any atom is 0.225 e. The zero-order chi connectivity index (χ0) is 15.6. The van der Waals surface area contributed by atoms with Crippen LogP contribution >= 0.6 is 0 Å². The van der Waals surface area contributed by atoms with Crippen molar-refractivity contribution >= 4 is 11.7 Å². The Morgan fingerprint density at radius 2 is 2.22 bits per heavy atom. The van der Waals surface area contributed by atoms with Crippen LogP contribution < -0.4 is 10.1 Å². The normalized spacial score (nSPS) is 13.5. The summed E-state index contributed by atoms with van der Waals surface area (Å²) in [4.78, 5) is 26.6. The maximum absolute atomic E-state index is 11.4. The molecule has 0 unspecified atom stereocenters. The second kappa shape index (κ2) is 5.52. The Bertz CT molecular complexity index is 842. The highest BCUT2D eigenvalue weighted by Crippen LogP contribution is 2.27. The van der Waals surface area contributed by atoms with Gasteiger partial charge in [0.05, 0.1) is 5.56 Å². The second-order valence-electron chi connectivity index (χ2n) is 4.96. The largest absolute Gasteiger partial charge is 0.469 e. The van der Waals surface area contributed by atoms with Crippen LogP contribution in [0.15, 0.2) is 29.3 Å².